The Hall–Kier alpha value is -4.13. The van der Waals surface area contributed by atoms with Gasteiger partial charge < -0.3 is 19.6 Å². The van der Waals surface area contributed by atoms with Gasteiger partial charge in [0, 0.05) is 29.9 Å². The topological polar surface area (TPSA) is 87.2 Å². The maximum atomic E-state index is 13.5. The Kier molecular flexibility index (Phi) is 6.36. The molecule has 0 aliphatic carbocycles. The maximum absolute atomic E-state index is 13.5. The van der Waals surface area contributed by atoms with Gasteiger partial charge in [0.15, 0.2) is 0 Å². The smallest absolute Gasteiger partial charge is 0.335 e. The van der Waals surface area contributed by atoms with Crippen LogP contribution in [0.15, 0.2) is 72.8 Å². The fourth-order valence-electron chi connectivity index (χ4n) is 4.55. The van der Waals surface area contributed by atoms with Crippen molar-refractivity contribution in [2.45, 2.75) is 32.4 Å². The highest BCUT2D eigenvalue weighted by molar-refractivity contribution is 6.07. The number of fused-ring (bicyclic) bond motifs is 1. The van der Waals surface area contributed by atoms with Crippen LogP contribution in [0.4, 0.5) is 11.4 Å². The molecule has 0 bridgehead atoms. The number of amides is 2. The van der Waals surface area contributed by atoms with Gasteiger partial charge in [-0.05, 0) is 73.5 Å². The van der Waals surface area contributed by atoms with E-state index in [4.69, 9.17) is 4.74 Å². The van der Waals surface area contributed by atoms with Gasteiger partial charge in [-0.2, -0.15) is 0 Å². The van der Waals surface area contributed by atoms with Crippen molar-refractivity contribution >= 4 is 29.2 Å². The van der Waals surface area contributed by atoms with Crippen LogP contribution in [-0.4, -0.2) is 36.0 Å². The van der Waals surface area contributed by atoms with Gasteiger partial charge in [-0.3, -0.25) is 9.59 Å². The third-order valence-corrected chi connectivity index (χ3v) is 6.16. The standard InChI is InChI=1S/C27H26N2O5/c1-17-16-25(29(18(2)30)21-12-8-20(9-13-21)27(32)33)23-6-4-5-7-24(23)28(17)26(31)19-10-14-22(34-3)15-11-19/h4-15,17,25H,16H2,1-3H3,(H,32,33)/t17-,25+/m0/s1. The van der Waals surface area contributed by atoms with Crippen LogP contribution in [0.2, 0.25) is 0 Å². The Labute approximate surface area is 198 Å². The lowest BCUT2D eigenvalue weighted by molar-refractivity contribution is -0.117. The first-order chi connectivity index (χ1) is 16.3. The summed E-state index contributed by atoms with van der Waals surface area (Å²) in [4.78, 5) is 41.0. The molecule has 2 amide bonds. The summed E-state index contributed by atoms with van der Waals surface area (Å²) in [5, 5.41) is 9.22. The summed E-state index contributed by atoms with van der Waals surface area (Å²) in [5.41, 5.74) is 2.93. The van der Waals surface area contributed by atoms with Crippen molar-refractivity contribution in [2.75, 3.05) is 16.9 Å². The minimum Gasteiger partial charge on any atom is -0.497 e. The number of methoxy groups -OCH3 is 1. The highest BCUT2D eigenvalue weighted by atomic mass is 16.5. The van der Waals surface area contributed by atoms with Gasteiger partial charge >= 0.3 is 5.97 Å². The molecule has 0 unspecified atom stereocenters. The number of benzene rings is 3. The van der Waals surface area contributed by atoms with Crippen LogP contribution in [0.25, 0.3) is 0 Å². The first-order valence-electron chi connectivity index (χ1n) is 11.0. The normalized spacial score (nSPS) is 17.0. The van der Waals surface area contributed by atoms with E-state index in [0.29, 0.717) is 23.4 Å². The fourth-order valence-corrected chi connectivity index (χ4v) is 4.55. The summed E-state index contributed by atoms with van der Waals surface area (Å²) in [6.45, 7) is 3.46. The summed E-state index contributed by atoms with van der Waals surface area (Å²) in [5.74, 6) is -0.633. The number of hydrogen-bond donors (Lipinski definition) is 1. The molecule has 4 rings (SSSR count). The molecule has 0 spiro atoms. The molecule has 7 heteroatoms. The number of para-hydroxylation sites is 1. The molecule has 0 fully saturated rings. The lowest BCUT2D eigenvalue weighted by Crippen LogP contribution is -2.47. The number of carboxylic acids is 1. The zero-order valence-electron chi connectivity index (χ0n) is 19.3. The lowest BCUT2D eigenvalue weighted by Gasteiger charge is -2.43. The van der Waals surface area contributed by atoms with Crippen molar-refractivity contribution in [1.29, 1.82) is 0 Å². The third kappa shape index (κ3) is 4.24. The number of carbonyl (C=O) groups excluding carboxylic acids is 2. The van der Waals surface area contributed by atoms with Crippen LogP contribution < -0.4 is 14.5 Å². The van der Waals surface area contributed by atoms with Crippen LogP contribution in [0.3, 0.4) is 0 Å². The monoisotopic (exact) mass is 458 g/mol. The molecule has 0 aromatic heterocycles. The largest absolute Gasteiger partial charge is 0.497 e. The van der Waals surface area contributed by atoms with Crippen molar-refractivity contribution in [3.8, 4) is 5.75 Å². The van der Waals surface area contributed by atoms with Crippen LogP contribution >= 0.6 is 0 Å². The Morgan fingerprint density at radius 3 is 2.15 bits per heavy atom. The van der Waals surface area contributed by atoms with Gasteiger partial charge in [-0.1, -0.05) is 18.2 Å². The van der Waals surface area contributed by atoms with Gasteiger partial charge in [0.25, 0.3) is 5.91 Å². The van der Waals surface area contributed by atoms with Crippen molar-refractivity contribution < 1.29 is 24.2 Å². The van der Waals surface area contributed by atoms with Crippen molar-refractivity contribution in [1.82, 2.24) is 0 Å². The average Bonchev–Trinajstić information content (AvgIpc) is 2.84. The first-order valence-corrected chi connectivity index (χ1v) is 11.0. The Balaban J connectivity index is 1.73. The molecular weight excluding hydrogens is 432 g/mol. The van der Waals surface area contributed by atoms with Crippen LogP contribution in [0.5, 0.6) is 5.75 Å². The molecule has 0 saturated heterocycles. The Morgan fingerprint density at radius 2 is 1.56 bits per heavy atom. The quantitative estimate of drug-likeness (QED) is 0.586. The van der Waals surface area contributed by atoms with Gasteiger partial charge in [0.1, 0.15) is 5.75 Å². The summed E-state index contributed by atoms with van der Waals surface area (Å²) in [6, 6.07) is 20.4. The minimum absolute atomic E-state index is 0.124. The fraction of sp³-hybridized carbons (Fsp3) is 0.222. The summed E-state index contributed by atoms with van der Waals surface area (Å²) in [7, 11) is 1.58. The summed E-state index contributed by atoms with van der Waals surface area (Å²) in [6.07, 6.45) is 0.527. The molecule has 7 nitrogen and oxygen atoms in total. The Bertz CT molecular complexity index is 1220. The van der Waals surface area contributed by atoms with E-state index in [-0.39, 0.29) is 29.5 Å². The van der Waals surface area contributed by atoms with Gasteiger partial charge in [-0.15, -0.1) is 0 Å². The van der Waals surface area contributed by atoms with Gasteiger partial charge in [0.05, 0.1) is 18.7 Å². The van der Waals surface area contributed by atoms with E-state index in [0.717, 1.165) is 11.3 Å². The predicted molar refractivity (Wildman–Crippen MR) is 130 cm³/mol. The number of carboxylic acid groups (broad SMARTS) is 1. The number of carbonyl (C=O) groups is 3. The van der Waals surface area contributed by atoms with E-state index in [2.05, 4.69) is 0 Å². The maximum Gasteiger partial charge on any atom is 0.335 e. The number of aromatic carboxylic acids is 1. The minimum atomic E-state index is -1.02. The molecule has 174 valence electrons. The third-order valence-electron chi connectivity index (χ3n) is 6.16. The number of rotatable bonds is 5. The van der Waals surface area contributed by atoms with Gasteiger partial charge in [-0.25, -0.2) is 4.79 Å². The van der Waals surface area contributed by atoms with Crippen LogP contribution in [0.1, 0.15) is 52.6 Å². The molecule has 34 heavy (non-hydrogen) atoms. The highest BCUT2D eigenvalue weighted by Crippen LogP contribution is 2.42. The second kappa shape index (κ2) is 9.39. The van der Waals surface area contributed by atoms with Crippen molar-refractivity contribution in [3.05, 3.63) is 89.5 Å². The number of anilines is 2. The molecule has 2 atom stereocenters. The van der Waals surface area contributed by atoms with E-state index in [1.807, 2.05) is 31.2 Å². The molecule has 1 aliphatic heterocycles. The second-order valence-corrected chi connectivity index (χ2v) is 8.30. The Morgan fingerprint density at radius 1 is 0.941 bits per heavy atom. The molecule has 0 radical (unpaired) electrons. The molecular formula is C27H26N2O5. The molecule has 1 N–H and O–H groups in total. The zero-order valence-corrected chi connectivity index (χ0v) is 19.3. The SMILES string of the molecule is COc1ccc(C(=O)N2c3ccccc3[C@H](N(C(C)=O)c3ccc(C(=O)O)cc3)C[C@@H]2C)cc1. The van der Waals surface area contributed by atoms with Gasteiger partial charge in [0.2, 0.25) is 5.91 Å². The number of ether oxygens (including phenoxy) is 1. The molecule has 0 saturated carbocycles. The van der Waals surface area contributed by atoms with Crippen LogP contribution in [0, 0.1) is 0 Å². The zero-order chi connectivity index (χ0) is 24.4. The lowest BCUT2D eigenvalue weighted by atomic mass is 9.89. The molecule has 1 heterocycles. The van der Waals surface area contributed by atoms with Crippen molar-refractivity contribution in [3.63, 3.8) is 0 Å². The number of nitrogens with zero attached hydrogens (tertiary/aromatic N) is 2. The van der Waals surface area contributed by atoms with Crippen LogP contribution in [-0.2, 0) is 4.79 Å². The van der Waals surface area contributed by atoms with E-state index in [9.17, 15) is 19.5 Å². The second-order valence-electron chi connectivity index (χ2n) is 8.30. The molecule has 1 aliphatic rings. The van der Waals surface area contributed by atoms with E-state index < -0.39 is 5.97 Å². The van der Waals surface area contributed by atoms with E-state index in [1.54, 1.807) is 53.3 Å². The molecule has 3 aromatic carbocycles. The summed E-state index contributed by atoms with van der Waals surface area (Å²) >= 11 is 0. The van der Waals surface area contributed by atoms with Crippen molar-refractivity contribution in [2.24, 2.45) is 0 Å². The van der Waals surface area contributed by atoms with E-state index >= 15 is 0 Å². The van der Waals surface area contributed by atoms with E-state index in [1.165, 1.54) is 19.1 Å². The average molecular weight is 459 g/mol. The highest BCUT2D eigenvalue weighted by Gasteiger charge is 2.38. The number of hydrogen-bond acceptors (Lipinski definition) is 4. The summed E-state index contributed by atoms with van der Waals surface area (Å²) < 4.78 is 5.20. The molecule has 3 aromatic rings. The first kappa shape index (κ1) is 23.0. The predicted octanol–water partition coefficient (Wildman–Crippen LogP) is 4.93.